The monoisotopic (exact) mass is 420 g/mol. The van der Waals surface area contributed by atoms with E-state index in [4.69, 9.17) is 4.74 Å². The van der Waals surface area contributed by atoms with Crippen LogP contribution in [0.2, 0.25) is 0 Å². The van der Waals surface area contributed by atoms with E-state index in [0.717, 1.165) is 12.1 Å². The first kappa shape index (κ1) is 23.2. The summed E-state index contributed by atoms with van der Waals surface area (Å²) in [7, 11) is -2.37. The molecule has 0 aliphatic heterocycles. The van der Waals surface area contributed by atoms with Crippen molar-refractivity contribution in [2.75, 3.05) is 24.4 Å². The third kappa shape index (κ3) is 8.61. The molecule has 1 rings (SSSR count). The molecule has 0 aromatic heterocycles. The van der Waals surface area contributed by atoms with Crippen molar-refractivity contribution in [3.8, 4) is 0 Å². The fourth-order valence-corrected chi connectivity index (χ4v) is 4.65. The number of benzene rings is 1. The molecule has 0 aliphatic carbocycles. The molecule has 0 fully saturated rings. The predicted octanol–water partition coefficient (Wildman–Crippen LogP) is 2.40. The number of carbonyl (C=O) groups excluding carboxylic acids is 2. The molecule has 0 unspecified atom stereocenters. The van der Waals surface area contributed by atoms with Gasteiger partial charge in [-0.05, 0) is 45.0 Å². The first-order valence-electron chi connectivity index (χ1n) is 8.08. The average molecular weight is 421 g/mol. The second-order valence-electron chi connectivity index (χ2n) is 6.57. The Morgan fingerprint density at radius 1 is 1.22 bits per heavy atom. The molecule has 10 heteroatoms. The molecule has 1 N–H and O–H groups in total. The van der Waals surface area contributed by atoms with Gasteiger partial charge in [-0.1, -0.05) is 0 Å². The van der Waals surface area contributed by atoms with Gasteiger partial charge in [-0.25, -0.2) is 22.4 Å². The normalized spacial score (nSPS) is 12.9. The molecule has 0 aliphatic rings. The number of amides is 1. The molecule has 1 amide bonds. The number of rotatable bonds is 8. The number of nitrogens with one attached hydrogen (secondary N) is 1. The van der Waals surface area contributed by atoms with E-state index in [0.29, 0.717) is 0 Å². The molecule has 0 radical (unpaired) electrons. The van der Waals surface area contributed by atoms with E-state index >= 15 is 0 Å². The van der Waals surface area contributed by atoms with Crippen molar-refractivity contribution in [2.24, 2.45) is 0 Å². The van der Waals surface area contributed by atoms with Crippen molar-refractivity contribution in [1.29, 1.82) is 0 Å². The molecule has 27 heavy (non-hydrogen) atoms. The minimum absolute atomic E-state index is 0.0286. The lowest BCUT2D eigenvalue weighted by Crippen LogP contribution is -2.45. The molecule has 0 spiro atoms. The first-order chi connectivity index (χ1) is 12.4. The van der Waals surface area contributed by atoms with Gasteiger partial charge in [0, 0.05) is 11.5 Å². The van der Waals surface area contributed by atoms with Gasteiger partial charge in [-0.3, -0.25) is 0 Å². The van der Waals surface area contributed by atoms with Crippen molar-refractivity contribution >= 4 is 33.7 Å². The fraction of sp³-hybridized carbons (Fsp3) is 0.529. The highest BCUT2D eigenvalue weighted by Crippen LogP contribution is 2.15. The number of sulfone groups is 1. The smallest absolute Gasteiger partial charge is 0.408 e. The highest BCUT2D eigenvalue weighted by molar-refractivity contribution is 8.00. The van der Waals surface area contributed by atoms with Crippen LogP contribution in [0.4, 0.5) is 9.18 Å². The Kier molecular flexibility index (Phi) is 8.55. The molecule has 0 heterocycles. The highest BCUT2D eigenvalue weighted by atomic mass is 32.2. The van der Waals surface area contributed by atoms with Crippen molar-refractivity contribution < 1.29 is 31.9 Å². The van der Waals surface area contributed by atoms with Crippen LogP contribution in [0.3, 0.4) is 0 Å². The minimum Gasteiger partial charge on any atom is -0.467 e. The van der Waals surface area contributed by atoms with E-state index < -0.39 is 39.4 Å². The van der Waals surface area contributed by atoms with Crippen LogP contribution in [0.1, 0.15) is 20.8 Å². The lowest BCUT2D eigenvalue weighted by Gasteiger charge is -2.22. The second-order valence-corrected chi connectivity index (χ2v) is 9.83. The number of esters is 1. The van der Waals surface area contributed by atoms with Crippen LogP contribution in [-0.4, -0.2) is 56.5 Å². The Balaban J connectivity index is 2.57. The topological polar surface area (TPSA) is 98.8 Å². The Hall–Kier alpha value is -1.81. The summed E-state index contributed by atoms with van der Waals surface area (Å²) in [5, 5.41) is 2.41. The quantitative estimate of drug-likeness (QED) is 0.392. The van der Waals surface area contributed by atoms with Gasteiger partial charge in [0.25, 0.3) is 0 Å². The molecule has 0 bridgehead atoms. The molecule has 1 aromatic rings. The highest BCUT2D eigenvalue weighted by Gasteiger charge is 2.25. The Bertz CT molecular complexity index is 744. The fourth-order valence-electron chi connectivity index (χ4n) is 1.89. The lowest BCUT2D eigenvalue weighted by atomic mass is 10.2. The zero-order chi connectivity index (χ0) is 20.7. The van der Waals surface area contributed by atoms with Gasteiger partial charge < -0.3 is 14.8 Å². The summed E-state index contributed by atoms with van der Waals surface area (Å²) in [5.41, 5.74) is -0.721. The Morgan fingerprint density at radius 2 is 1.81 bits per heavy atom. The van der Waals surface area contributed by atoms with Gasteiger partial charge >= 0.3 is 12.1 Å². The number of methoxy groups -OCH3 is 1. The summed E-state index contributed by atoms with van der Waals surface area (Å²) >= 11 is 1.17. The summed E-state index contributed by atoms with van der Waals surface area (Å²) in [4.78, 5) is 23.6. The van der Waals surface area contributed by atoms with Crippen LogP contribution >= 0.6 is 11.8 Å². The summed E-state index contributed by atoms with van der Waals surface area (Å²) < 4.78 is 47.0. The molecule has 1 aromatic carbocycles. The number of ether oxygens (including phenoxy) is 2. The summed E-state index contributed by atoms with van der Waals surface area (Å²) in [5.74, 6) is -1.07. The van der Waals surface area contributed by atoms with Crippen molar-refractivity contribution in [2.45, 2.75) is 37.3 Å². The molecule has 152 valence electrons. The third-order valence-corrected chi connectivity index (χ3v) is 6.18. The van der Waals surface area contributed by atoms with Crippen LogP contribution in [0.5, 0.6) is 0 Å². The van der Waals surface area contributed by atoms with E-state index in [1.807, 2.05) is 0 Å². The van der Waals surface area contributed by atoms with E-state index in [-0.39, 0.29) is 22.2 Å². The van der Waals surface area contributed by atoms with Crippen LogP contribution in [-0.2, 0) is 24.1 Å². The zero-order valence-electron chi connectivity index (χ0n) is 15.7. The Morgan fingerprint density at radius 3 is 2.33 bits per heavy atom. The minimum atomic E-state index is -3.56. The second kappa shape index (κ2) is 9.93. The molecular weight excluding hydrogens is 396 g/mol. The first-order valence-corrected chi connectivity index (χ1v) is 10.9. The van der Waals surface area contributed by atoms with E-state index in [9.17, 15) is 22.4 Å². The number of alkyl carbamates (subject to hydrolysis) is 1. The summed E-state index contributed by atoms with van der Waals surface area (Å²) in [6.07, 6.45) is -0.766. The van der Waals surface area contributed by atoms with Gasteiger partial charge in [0.2, 0.25) is 0 Å². The average Bonchev–Trinajstić information content (AvgIpc) is 2.55. The number of thioether (sulfide) groups is 1. The standard InChI is InChI=1S/C17H24FNO6S2/c1-17(2,3)25-16(21)19-14(15(20)24-4)11-26-9-10-27(22,23)13-7-5-12(18)6-8-13/h5-8,14H,9-11H2,1-4H3,(H,19,21)/t14-/m0/s1/i18-1. The number of hydrogen-bond donors (Lipinski definition) is 1. The predicted molar refractivity (Wildman–Crippen MR) is 101 cm³/mol. The van der Waals surface area contributed by atoms with Crippen molar-refractivity contribution in [1.82, 2.24) is 5.32 Å². The van der Waals surface area contributed by atoms with Gasteiger partial charge in [-0.15, -0.1) is 0 Å². The van der Waals surface area contributed by atoms with Gasteiger partial charge in [-0.2, -0.15) is 11.8 Å². The van der Waals surface area contributed by atoms with E-state index in [1.165, 1.54) is 31.0 Å². The lowest BCUT2D eigenvalue weighted by molar-refractivity contribution is -0.142. The van der Waals surface area contributed by atoms with Gasteiger partial charge in [0.05, 0.1) is 17.8 Å². The molecule has 7 nitrogen and oxygen atoms in total. The molecule has 0 saturated heterocycles. The molecule has 1 atom stereocenters. The van der Waals surface area contributed by atoms with Gasteiger partial charge in [0.15, 0.2) is 9.84 Å². The van der Waals surface area contributed by atoms with E-state index in [2.05, 4.69) is 10.1 Å². The summed E-state index contributed by atoms with van der Waals surface area (Å²) in [6.45, 7) is 5.07. The van der Waals surface area contributed by atoms with Crippen LogP contribution in [0.25, 0.3) is 0 Å². The molecular formula is C17H24FNO6S2. The molecule has 0 saturated carbocycles. The van der Waals surface area contributed by atoms with Crippen molar-refractivity contribution in [3.05, 3.63) is 30.1 Å². The van der Waals surface area contributed by atoms with Crippen LogP contribution in [0, 0.1) is 5.82 Å². The third-order valence-electron chi connectivity index (χ3n) is 3.13. The number of carbonyl (C=O) groups is 2. The van der Waals surface area contributed by atoms with Crippen LogP contribution in [0.15, 0.2) is 29.2 Å². The van der Waals surface area contributed by atoms with Crippen LogP contribution < -0.4 is 5.32 Å². The van der Waals surface area contributed by atoms with Crippen molar-refractivity contribution in [3.63, 3.8) is 0 Å². The number of hydrogen-bond acceptors (Lipinski definition) is 7. The SMILES string of the molecule is COC(=O)[C@H](CSCCS(=O)(=O)c1ccc([18F])cc1)NC(=O)OC(C)(C)C. The maximum absolute atomic E-state index is 12.9. The number of halogens is 1. The maximum Gasteiger partial charge on any atom is 0.408 e. The summed E-state index contributed by atoms with van der Waals surface area (Å²) in [6, 6.07) is 3.60. The van der Waals surface area contributed by atoms with Gasteiger partial charge in [0.1, 0.15) is 17.5 Å². The van der Waals surface area contributed by atoms with E-state index in [1.54, 1.807) is 20.8 Å². The maximum atomic E-state index is 12.9. The largest absolute Gasteiger partial charge is 0.467 e. The zero-order valence-corrected chi connectivity index (χ0v) is 17.3. The Labute approximate surface area is 162 Å².